The Morgan fingerprint density at radius 1 is 1.20 bits per heavy atom. The highest BCUT2D eigenvalue weighted by atomic mass is 127. The van der Waals surface area contributed by atoms with Crippen molar-refractivity contribution in [2.75, 3.05) is 13.1 Å². The Morgan fingerprint density at radius 3 is 2.57 bits per heavy atom. The minimum atomic E-state index is -1.14. The summed E-state index contributed by atoms with van der Waals surface area (Å²) >= 11 is 0. The molecular formula is C21H29IN6O2. The topological polar surface area (TPSA) is 100 Å². The predicted octanol–water partition coefficient (Wildman–Crippen LogP) is 3.06. The smallest absolute Gasteiger partial charge is 0.191 e. The van der Waals surface area contributed by atoms with Crippen LogP contribution in [0.2, 0.25) is 0 Å². The summed E-state index contributed by atoms with van der Waals surface area (Å²) in [6.45, 7) is 8.94. The number of nitrogens with zero attached hydrogens (tertiary/aromatic N) is 4. The third-order valence-corrected chi connectivity index (χ3v) is 4.52. The van der Waals surface area contributed by atoms with E-state index in [0.717, 1.165) is 23.0 Å². The lowest BCUT2D eigenvalue weighted by molar-refractivity contribution is 0.0378. The minimum Gasteiger partial charge on any atom is -0.463 e. The summed E-state index contributed by atoms with van der Waals surface area (Å²) in [4.78, 5) is 13.3. The molecule has 0 aromatic carbocycles. The molecule has 30 heavy (non-hydrogen) atoms. The molecule has 3 N–H and O–H groups in total. The molecule has 0 aliphatic carbocycles. The van der Waals surface area contributed by atoms with Crippen LogP contribution in [-0.4, -0.2) is 38.7 Å². The normalized spacial score (nSPS) is 13.4. The zero-order chi connectivity index (χ0) is 20.9. The van der Waals surface area contributed by atoms with Crippen molar-refractivity contribution in [2.45, 2.75) is 39.8 Å². The number of furan rings is 1. The Bertz CT molecular complexity index is 962. The van der Waals surface area contributed by atoms with Gasteiger partial charge in [-0.15, -0.1) is 24.0 Å². The van der Waals surface area contributed by atoms with E-state index in [4.69, 9.17) is 4.42 Å². The Balaban J connectivity index is 0.00000320. The van der Waals surface area contributed by atoms with Crippen molar-refractivity contribution in [1.82, 2.24) is 25.2 Å². The molecular weight excluding hydrogens is 495 g/mol. The summed E-state index contributed by atoms with van der Waals surface area (Å²) in [5.74, 6) is 3.62. The summed E-state index contributed by atoms with van der Waals surface area (Å²) in [6, 6.07) is 7.57. The number of aliphatic hydroxyl groups is 1. The number of aromatic nitrogens is 3. The number of nitrogens with one attached hydrogen (secondary N) is 2. The van der Waals surface area contributed by atoms with E-state index in [2.05, 4.69) is 25.6 Å². The van der Waals surface area contributed by atoms with Gasteiger partial charge in [-0.25, -0.2) is 15.0 Å². The molecule has 3 aromatic rings. The van der Waals surface area contributed by atoms with Gasteiger partial charge >= 0.3 is 0 Å². The minimum absolute atomic E-state index is 0. The maximum Gasteiger partial charge on any atom is 0.191 e. The molecule has 0 aliphatic rings. The molecule has 3 heterocycles. The molecule has 9 heteroatoms. The zero-order valence-electron chi connectivity index (χ0n) is 17.7. The number of imidazole rings is 1. The molecule has 0 aliphatic heterocycles. The number of rotatable bonds is 7. The van der Waals surface area contributed by atoms with Gasteiger partial charge in [0.1, 0.15) is 28.8 Å². The molecule has 0 saturated carbocycles. The molecule has 3 rings (SSSR count). The lowest BCUT2D eigenvalue weighted by atomic mass is 10.0. The van der Waals surface area contributed by atoms with Gasteiger partial charge in [-0.05, 0) is 51.5 Å². The highest BCUT2D eigenvalue weighted by molar-refractivity contribution is 14.0. The number of hydrogen-bond donors (Lipinski definition) is 3. The average Bonchev–Trinajstić information content (AvgIpc) is 3.33. The zero-order valence-corrected chi connectivity index (χ0v) is 20.0. The van der Waals surface area contributed by atoms with Crippen LogP contribution < -0.4 is 10.6 Å². The Kier molecular flexibility index (Phi) is 8.42. The number of aryl methyl sites for hydroxylation is 2. The van der Waals surface area contributed by atoms with Crippen LogP contribution in [-0.2, 0) is 12.1 Å². The fourth-order valence-corrected chi connectivity index (χ4v) is 2.85. The van der Waals surface area contributed by atoms with Crippen LogP contribution in [0.15, 0.2) is 52.3 Å². The van der Waals surface area contributed by atoms with Crippen LogP contribution in [0.3, 0.4) is 0 Å². The highest BCUT2D eigenvalue weighted by Crippen LogP contribution is 2.21. The molecule has 0 fully saturated rings. The monoisotopic (exact) mass is 524 g/mol. The van der Waals surface area contributed by atoms with Crippen LogP contribution >= 0.6 is 24.0 Å². The van der Waals surface area contributed by atoms with Crippen LogP contribution in [0.5, 0.6) is 0 Å². The molecule has 1 atom stereocenters. The predicted molar refractivity (Wildman–Crippen MR) is 127 cm³/mol. The maximum atomic E-state index is 10.7. The highest BCUT2D eigenvalue weighted by Gasteiger charge is 2.27. The summed E-state index contributed by atoms with van der Waals surface area (Å²) in [5.41, 5.74) is -0.159. The Morgan fingerprint density at radius 2 is 2.00 bits per heavy atom. The molecule has 8 nitrogen and oxygen atoms in total. The number of guanidine groups is 1. The number of aliphatic imine (C=N–C) groups is 1. The number of halogens is 1. The third-order valence-electron chi connectivity index (χ3n) is 4.52. The van der Waals surface area contributed by atoms with E-state index < -0.39 is 5.60 Å². The average molecular weight is 524 g/mol. The molecule has 0 saturated heterocycles. The first-order valence-electron chi connectivity index (χ1n) is 9.66. The van der Waals surface area contributed by atoms with Crippen molar-refractivity contribution in [2.24, 2.45) is 4.99 Å². The van der Waals surface area contributed by atoms with Gasteiger partial charge in [-0.1, -0.05) is 6.07 Å². The van der Waals surface area contributed by atoms with E-state index in [1.54, 1.807) is 19.2 Å². The van der Waals surface area contributed by atoms with E-state index in [-0.39, 0.29) is 30.5 Å². The van der Waals surface area contributed by atoms with E-state index >= 15 is 0 Å². The van der Waals surface area contributed by atoms with Crippen molar-refractivity contribution >= 4 is 29.9 Å². The van der Waals surface area contributed by atoms with Gasteiger partial charge in [0, 0.05) is 25.1 Å². The SMILES string of the molecule is CCNC(=NCc1ccc(-n2ccnc2C)nc1)NCC(C)(O)c1ccc(C)o1.I. The van der Waals surface area contributed by atoms with E-state index in [1.165, 1.54) is 0 Å². The first-order valence-corrected chi connectivity index (χ1v) is 9.66. The molecule has 3 aromatic heterocycles. The van der Waals surface area contributed by atoms with Gasteiger partial charge in [0.05, 0.1) is 13.1 Å². The van der Waals surface area contributed by atoms with Crippen LogP contribution in [0.1, 0.15) is 36.8 Å². The summed E-state index contributed by atoms with van der Waals surface area (Å²) in [5, 5.41) is 17.1. The second-order valence-corrected chi connectivity index (χ2v) is 7.10. The van der Waals surface area contributed by atoms with Crippen molar-refractivity contribution < 1.29 is 9.52 Å². The first kappa shape index (κ1) is 23.9. The van der Waals surface area contributed by atoms with Crippen molar-refractivity contribution in [3.63, 3.8) is 0 Å². The Hall–Kier alpha value is -2.40. The van der Waals surface area contributed by atoms with Crippen LogP contribution in [0.4, 0.5) is 0 Å². The molecule has 0 spiro atoms. The van der Waals surface area contributed by atoms with Gasteiger partial charge in [0.15, 0.2) is 5.96 Å². The van der Waals surface area contributed by atoms with Gasteiger partial charge in [0.2, 0.25) is 0 Å². The lowest BCUT2D eigenvalue weighted by Crippen LogP contribution is -2.44. The quantitative estimate of drug-likeness (QED) is 0.250. The molecule has 0 amide bonds. The van der Waals surface area contributed by atoms with E-state index in [0.29, 0.717) is 24.8 Å². The maximum absolute atomic E-state index is 10.7. The number of hydrogen-bond acceptors (Lipinski definition) is 5. The molecule has 0 bridgehead atoms. The fourth-order valence-electron chi connectivity index (χ4n) is 2.85. The standard InChI is InChI=1S/C21H28N6O2.HI/c1-5-22-20(26-14-21(4,28)18-8-6-15(2)29-18)25-13-17-7-9-19(24-12-17)27-11-10-23-16(27)3;/h6-12,28H,5,13-14H2,1-4H3,(H2,22,25,26);1H. The number of pyridine rings is 1. The third kappa shape index (κ3) is 6.05. The largest absolute Gasteiger partial charge is 0.463 e. The van der Waals surface area contributed by atoms with Crippen molar-refractivity contribution in [3.05, 3.63) is 65.8 Å². The molecule has 162 valence electrons. The van der Waals surface area contributed by atoms with Crippen molar-refractivity contribution in [1.29, 1.82) is 0 Å². The van der Waals surface area contributed by atoms with Gasteiger partial charge < -0.3 is 20.2 Å². The fraction of sp³-hybridized carbons (Fsp3) is 0.381. The Labute approximate surface area is 193 Å². The molecule has 0 radical (unpaired) electrons. The summed E-state index contributed by atoms with van der Waals surface area (Å²) in [7, 11) is 0. The summed E-state index contributed by atoms with van der Waals surface area (Å²) in [6.07, 6.45) is 5.45. The lowest BCUT2D eigenvalue weighted by Gasteiger charge is -2.22. The second kappa shape index (κ2) is 10.6. The van der Waals surface area contributed by atoms with Crippen LogP contribution in [0.25, 0.3) is 5.82 Å². The van der Waals surface area contributed by atoms with Gasteiger partial charge in [-0.3, -0.25) is 4.57 Å². The molecule has 1 unspecified atom stereocenters. The van der Waals surface area contributed by atoms with E-state index in [9.17, 15) is 5.11 Å². The first-order chi connectivity index (χ1) is 13.9. The van der Waals surface area contributed by atoms with Crippen LogP contribution in [0, 0.1) is 13.8 Å². The summed E-state index contributed by atoms with van der Waals surface area (Å²) < 4.78 is 7.48. The van der Waals surface area contributed by atoms with Crippen molar-refractivity contribution in [3.8, 4) is 5.82 Å². The van der Waals surface area contributed by atoms with Gasteiger partial charge in [-0.2, -0.15) is 0 Å². The van der Waals surface area contributed by atoms with Gasteiger partial charge in [0.25, 0.3) is 0 Å². The van der Waals surface area contributed by atoms with E-state index in [1.807, 2.05) is 55.9 Å². The second-order valence-electron chi connectivity index (χ2n) is 7.10.